The van der Waals surface area contributed by atoms with E-state index in [4.69, 9.17) is 0 Å². The molecule has 0 saturated heterocycles. The van der Waals surface area contributed by atoms with Gasteiger partial charge in [-0.3, -0.25) is 0 Å². The number of fused-ring (bicyclic) bond motifs is 3. The highest BCUT2D eigenvalue weighted by atomic mass is 16.3. The lowest BCUT2D eigenvalue weighted by Gasteiger charge is -2.62. The first-order valence-corrected chi connectivity index (χ1v) is 7.16. The first-order valence-electron chi connectivity index (χ1n) is 7.16. The van der Waals surface area contributed by atoms with Crippen molar-refractivity contribution in [2.75, 3.05) is 13.2 Å². The number of rotatable bonds is 2. The predicted octanol–water partition coefficient (Wildman–Crippen LogP) is 0.301. The maximum atomic E-state index is 10.3. The fraction of sp³-hybridized carbons (Fsp3) is 0.867. The van der Waals surface area contributed by atoms with Crippen molar-refractivity contribution in [3.05, 3.63) is 11.6 Å². The molecular formula is C15H24O4. The fourth-order valence-corrected chi connectivity index (χ4v) is 5.04. The molecule has 0 amide bonds. The summed E-state index contributed by atoms with van der Waals surface area (Å²) < 4.78 is 0. The van der Waals surface area contributed by atoms with E-state index < -0.39 is 12.2 Å². The molecule has 0 heterocycles. The van der Waals surface area contributed by atoms with Crippen molar-refractivity contribution < 1.29 is 20.4 Å². The van der Waals surface area contributed by atoms with E-state index in [1.54, 1.807) is 0 Å². The quantitative estimate of drug-likeness (QED) is 0.543. The second-order valence-electron chi connectivity index (χ2n) is 7.33. The molecule has 2 fully saturated rings. The van der Waals surface area contributed by atoms with Gasteiger partial charge in [0.25, 0.3) is 0 Å². The van der Waals surface area contributed by atoms with E-state index in [1.165, 1.54) is 0 Å². The Hall–Kier alpha value is -0.420. The van der Waals surface area contributed by atoms with Crippen LogP contribution in [0.4, 0.5) is 0 Å². The maximum Gasteiger partial charge on any atom is 0.0877 e. The van der Waals surface area contributed by atoms with Gasteiger partial charge in [-0.15, -0.1) is 0 Å². The van der Waals surface area contributed by atoms with Crippen LogP contribution in [-0.4, -0.2) is 45.8 Å². The van der Waals surface area contributed by atoms with Crippen molar-refractivity contribution in [2.45, 2.75) is 38.9 Å². The highest BCUT2D eigenvalue weighted by Gasteiger charge is 2.67. The van der Waals surface area contributed by atoms with Crippen LogP contribution < -0.4 is 0 Å². The number of allylic oxidation sites excluding steroid dienone is 1. The molecular weight excluding hydrogens is 244 g/mol. The maximum absolute atomic E-state index is 10.3. The SMILES string of the molecule is CC1(CO)CC2C=C(CO)C3C(O)C(O)C3(C)C2C1. The summed E-state index contributed by atoms with van der Waals surface area (Å²) in [5.41, 5.74) is 0.401. The monoisotopic (exact) mass is 268 g/mol. The second-order valence-corrected chi connectivity index (χ2v) is 7.33. The van der Waals surface area contributed by atoms with E-state index in [-0.39, 0.29) is 35.9 Å². The van der Waals surface area contributed by atoms with Crippen LogP contribution in [0.5, 0.6) is 0 Å². The first-order chi connectivity index (χ1) is 8.87. The van der Waals surface area contributed by atoms with Gasteiger partial charge >= 0.3 is 0 Å². The zero-order valence-electron chi connectivity index (χ0n) is 11.6. The number of hydrogen-bond acceptors (Lipinski definition) is 4. The zero-order valence-corrected chi connectivity index (χ0v) is 11.6. The minimum atomic E-state index is -0.759. The third-order valence-corrected chi connectivity index (χ3v) is 6.12. The molecule has 3 aliphatic rings. The third kappa shape index (κ3) is 1.54. The van der Waals surface area contributed by atoms with Gasteiger partial charge < -0.3 is 20.4 Å². The van der Waals surface area contributed by atoms with Crippen LogP contribution in [-0.2, 0) is 0 Å². The standard InChI is InChI=1S/C15H24O4/c1-14(7-17)4-8-3-9(6-16)11-12(18)13(19)15(11,2)10(8)5-14/h3,8,10-13,16-19H,4-7H2,1-2H3. The van der Waals surface area contributed by atoms with Gasteiger partial charge in [-0.25, -0.2) is 0 Å². The zero-order chi connectivity index (χ0) is 14.0. The van der Waals surface area contributed by atoms with Crippen molar-refractivity contribution in [1.82, 2.24) is 0 Å². The normalized spacial score (nSPS) is 56.1. The molecule has 0 aliphatic heterocycles. The molecule has 0 bridgehead atoms. The van der Waals surface area contributed by atoms with Crippen molar-refractivity contribution in [3.63, 3.8) is 0 Å². The molecule has 0 aromatic rings. The highest BCUT2D eigenvalue weighted by Crippen LogP contribution is 2.66. The molecule has 3 rings (SSSR count). The molecule has 108 valence electrons. The van der Waals surface area contributed by atoms with E-state index in [0.717, 1.165) is 18.4 Å². The third-order valence-electron chi connectivity index (χ3n) is 6.12. The van der Waals surface area contributed by atoms with Gasteiger partial charge in [0.2, 0.25) is 0 Å². The predicted molar refractivity (Wildman–Crippen MR) is 70.2 cm³/mol. The Kier molecular flexibility index (Phi) is 2.88. The lowest BCUT2D eigenvalue weighted by atomic mass is 9.45. The van der Waals surface area contributed by atoms with Crippen LogP contribution in [0.2, 0.25) is 0 Å². The minimum absolute atomic E-state index is 0.0525. The molecule has 0 aromatic carbocycles. The first kappa shape index (κ1) is 13.6. The highest BCUT2D eigenvalue weighted by molar-refractivity contribution is 5.31. The van der Waals surface area contributed by atoms with Crippen LogP contribution in [0.25, 0.3) is 0 Å². The van der Waals surface area contributed by atoms with Crippen LogP contribution in [0.1, 0.15) is 26.7 Å². The molecule has 7 unspecified atom stereocenters. The van der Waals surface area contributed by atoms with E-state index in [0.29, 0.717) is 5.92 Å². The molecule has 19 heavy (non-hydrogen) atoms. The summed E-state index contributed by atoms with van der Waals surface area (Å²) in [6, 6.07) is 0. The number of aliphatic hydroxyl groups is 4. The number of hydrogen-bond donors (Lipinski definition) is 4. The van der Waals surface area contributed by atoms with Crippen LogP contribution in [0.3, 0.4) is 0 Å². The van der Waals surface area contributed by atoms with Gasteiger partial charge in [0.15, 0.2) is 0 Å². The molecule has 7 atom stereocenters. The van der Waals surface area contributed by atoms with Gasteiger partial charge in [0.05, 0.1) is 18.8 Å². The van der Waals surface area contributed by atoms with Crippen LogP contribution in [0, 0.1) is 28.6 Å². The lowest BCUT2D eigenvalue weighted by molar-refractivity contribution is -0.229. The molecule has 0 aromatic heterocycles. The summed E-state index contributed by atoms with van der Waals surface area (Å²) in [7, 11) is 0. The summed E-state index contributed by atoms with van der Waals surface area (Å²) in [5, 5.41) is 39.4. The van der Waals surface area contributed by atoms with E-state index >= 15 is 0 Å². The Labute approximate surface area is 113 Å². The van der Waals surface area contributed by atoms with Crippen molar-refractivity contribution in [2.24, 2.45) is 28.6 Å². The van der Waals surface area contributed by atoms with Crippen molar-refractivity contribution in [1.29, 1.82) is 0 Å². The van der Waals surface area contributed by atoms with Crippen molar-refractivity contribution >= 4 is 0 Å². The Balaban J connectivity index is 1.99. The number of aliphatic hydroxyl groups excluding tert-OH is 4. The Morgan fingerprint density at radius 3 is 2.47 bits per heavy atom. The van der Waals surface area contributed by atoms with Gasteiger partial charge in [0, 0.05) is 17.9 Å². The van der Waals surface area contributed by atoms with E-state index in [1.807, 2.05) is 6.92 Å². The molecule has 2 saturated carbocycles. The molecule has 4 N–H and O–H groups in total. The van der Waals surface area contributed by atoms with E-state index in [9.17, 15) is 20.4 Å². The minimum Gasteiger partial charge on any atom is -0.396 e. The summed E-state index contributed by atoms with van der Waals surface area (Å²) >= 11 is 0. The van der Waals surface area contributed by atoms with E-state index in [2.05, 4.69) is 13.0 Å². The summed E-state index contributed by atoms with van der Waals surface area (Å²) in [4.78, 5) is 0. The molecule has 0 spiro atoms. The van der Waals surface area contributed by atoms with Crippen LogP contribution >= 0.6 is 0 Å². The largest absolute Gasteiger partial charge is 0.396 e. The molecule has 4 nitrogen and oxygen atoms in total. The van der Waals surface area contributed by atoms with Gasteiger partial charge in [-0.05, 0) is 35.7 Å². The summed E-state index contributed by atoms with van der Waals surface area (Å²) in [5.74, 6) is 0.445. The topological polar surface area (TPSA) is 80.9 Å². The van der Waals surface area contributed by atoms with Gasteiger partial charge in [-0.2, -0.15) is 0 Å². The smallest absolute Gasteiger partial charge is 0.0877 e. The molecule has 4 heteroatoms. The Morgan fingerprint density at radius 2 is 1.89 bits per heavy atom. The van der Waals surface area contributed by atoms with Gasteiger partial charge in [-0.1, -0.05) is 19.9 Å². The van der Waals surface area contributed by atoms with Gasteiger partial charge in [0.1, 0.15) is 0 Å². The Bertz CT molecular complexity index is 420. The summed E-state index contributed by atoms with van der Waals surface area (Å²) in [6.07, 6.45) is 2.38. The fourth-order valence-electron chi connectivity index (χ4n) is 5.04. The average molecular weight is 268 g/mol. The molecule has 0 radical (unpaired) electrons. The van der Waals surface area contributed by atoms with Crippen molar-refractivity contribution in [3.8, 4) is 0 Å². The Morgan fingerprint density at radius 1 is 1.21 bits per heavy atom. The second kappa shape index (κ2) is 4.04. The lowest BCUT2D eigenvalue weighted by Crippen LogP contribution is -2.68. The van der Waals surface area contributed by atoms with Crippen LogP contribution in [0.15, 0.2) is 11.6 Å². The summed E-state index contributed by atoms with van der Waals surface area (Å²) in [6.45, 7) is 4.21. The molecule has 3 aliphatic carbocycles. The average Bonchev–Trinajstić information content (AvgIpc) is 2.75.